The fourth-order valence-electron chi connectivity index (χ4n) is 3.85. The number of nitrogens with zero attached hydrogens (tertiary/aromatic N) is 1. The summed E-state index contributed by atoms with van der Waals surface area (Å²) in [6, 6.07) is 16.2. The highest BCUT2D eigenvalue weighted by molar-refractivity contribution is 6.39. The van der Waals surface area contributed by atoms with Crippen LogP contribution in [-0.4, -0.2) is 37.0 Å². The second-order valence-electron chi connectivity index (χ2n) is 8.69. The Labute approximate surface area is 230 Å². The molecule has 0 spiro atoms. The first kappa shape index (κ1) is 27.4. The molecule has 3 aromatic rings. The van der Waals surface area contributed by atoms with Crippen LogP contribution in [0.2, 0.25) is 5.02 Å². The van der Waals surface area contributed by atoms with Gasteiger partial charge in [-0.25, -0.2) is 9.69 Å². The maximum absolute atomic E-state index is 13.3. The third-order valence-corrected chi connectivity index (χ3v) is 6.18. The molecule has 39 heavy (non-hydrogen) atoms. The lowest BCUT2D eigenvalue weighted by molar-refractivity contribution is -0.122. The van der Waals surface area contributed by atoms with Gasteiger partial charge in [0.2, 0.25) is 0 Å². The fourth-order valence-corrected chi connectivity index (χ4v) is 4.13. The average molecular weight is 548 g/mol. The monoisotopic (exact) mass is 547 g/mol. The molecule has 1 aliphatic heterocycles. The molecule has 3 aromatic carbocycles. The highest BCUT2D eigenvalue weighted by Gasteiger charge is 2.37. The number of urea groups is 1. The van der Waals surface area contributed by atoms with Gasteiger partial charge >= 0.3 is 6.03 Å². The molecule has 5 amide bonds. The van der Waals surface area contributed by atoms with E-state index in [4.69, 9.17) is 21.1 Å². The van der Waals surface area contributed by atoms with Crippen molar-refractivity contribution in [2.24, 2.45) is 0 Å². The maximum Gasteiger partial charge on any atom is 0.335 e. The summed E-state index contributed by atoms with van der Waals surface area (Å²) in [5, 5.41) is 5.02. The normalized spacial score (nSPS) is 14.3. The molecule has 0 atom stereocenters. The number of barbiturate groups is 1. The average Bonchev–Trinajstić information content (AvgIpc) is 2.89. The minimum absolute atomic E-state index is 0.103. The zero-order valence-electron chi connectivity index (χ0n) is 21.5. The number of imide groups is 2. The molecule has 9 nitrogen and oxygen atoms in total. The molecule has 200 valence electrons. The molecular weight excluding hydrogens is 522 g/mol. The largest absolute Gasteiger partial charge is 0.490 e. The lowest BCUT2D eigenvalue weighted by atomic mass is 10.0. The number of aryl methyl sites for hydroxylation is 2. The Morgan fingerprint density at radius 3 is 2.44 bits per heavy atom. The van der Waals surface area contributed by atoms with Crippen LogP contribution in [0, 0.1) is 13.8 Å². The van der Waals surface area contributed by atoms with Crippen molar-refractivity contribution in [1.82, 2.24) is 5.32 Å². The van der Waals surface area contributed by atoms with E-state index in [1.165, 1.54) is 18.2 Å². The van der Waals surface area contributed by atoms with Crippen LogP contribution < -0.4 is 25.0 Å². The SMILES string of the molecule is CCOc1cc(/C=C2\C(=O)NC(=O)N(c3ccc(C)c(C)c3)C2=O)cc(Cl)c1OCC(=O)Nc1ccccc1. The van der Waals surface area contributed by atoms with Gasteiger partial charge in [-0.05, 0) is 79.9 Å². The van der Waals surface area contributed by atoms with Crippen LogP contribution in [0.1, 0.15) is 23.6 Å². The molecule has 0 saturated carbocycles. The molecule has 4 rings (SSSR count). The molecular formula is C29H26ClN3O6. The van der Waals surface area contributed by atoms with Crippen LogP contribution in [0.5, 0.6) is 11.5 Å². The van der Waals surface area contributed by atoms with Gasteiger partial charge in [0.15, 0.2) is 18.1 Å². The Balaban J connectivity index is 1.60. The zero-order valence-corrected chi connectivity index (χ0v) is 22.3. The van der Waals surface area contributed by atoms with Gasteiger partial charge < -0.3 is 14.8 Å². The van der Waals surface area contributed by atoms with Gasteiger partial charge in [-0.1, -0.05) is 35.9 Å². The van der Waals surface area contributed by atoms with Gasteiger partial charge in [0.1, 0.15) is 5.57 Å². The fraction of sp³-hybridized carbons (Fsp3) is 0.172. The number of nitrogens with one attached hydrogen (secondary N) is 2. The predicted molar refractivity (Wildman–Crippen MR) is 148 cm³/mol. The third kappa shape index (κ3) is 6.27. The van der Waals surface area contributed by atoms with E-state index in [0.717, 1.165) is 16.0 Å². The minimum atomic E-state index is -0.837. The van der Waals surface area contributed by atoms with Gasteiger partial charge in [0.05, 0.1) is 17.3 Å². The number of benzene rings is 3. The lowest BCUT2D eigenvalue weighted by Crippen LogP contribution is -2.54. The first-order valence-corrected chi connectivity index (χ1v) is 12.5. The van der Waals surface area contributed by atoms with E-state index in [1.807, 2.05) is 19.9 Å². The Morgan fingerprint density at radius 2 is 1.74 bits per heavy atom. The number of hydrogen-bond acceptors (Lipinski definition) is 6. The summed E-state index contributed by atoms with van der Waals surface area (Å²) in [5.74, 6) is -1.66. The first-order chi connectivity index (χ1) is 18.7. The van der Waals surface area contributed by atoms with Gasteiger partial charge in [-0.2, -0.15) is 0 Å². The molecule has 0 unspecified atom stereocenters. The molecule has 10 heteroatoms. The number of amides is 5. The van der Waals surface area contributed by atoms with E-state index >= 15 is 0 Å². The van der Waals surface area contributed by atoms with Crippen LogP contribution in [0.4, 0.5) is 16.2 Å². The Morgan fingerprint density at radius 1 is 1.00 bits per heavy atom. The topological polar surface area (TPSA) is 114 Å². The highest BCUT2D eigenvalue weighted by atomic mass is 35.5. The van der Waals surface area contributed by atoms with Gasteiger partial charge in [-0.3, -0.25) is 19.7 Å². The standard InChI is InChI=1S/C29H26ClN3O6/c1-4-38-24-15-19(14-23(30)26(24)39-16-25(34)31-20-8-6-5-7-9-20)13-22-27(35)32-29(37)33(28(22)36)21-11-10-17(2)18(3)12-21/h5-15H,4,16H2,1-3H3,(H,31,34)(H,32,35,37)/b22-13+. The van der Waals surface area contributed by atoms with Crippen LogP contribution >= 0.6 is 11.6 Å². The minimum Gasteiger partial charge on any atom is -0.490 e. The molecule has 0 bridgehead atoms. The Hall–Kier alpha value is -4.63. The molecule has 2 N–H and O–H groups in total. The second-order valence-corrected chi connectivity index (χ2v) is 9.10. The van der Waals surface area contributed by atoms with Crippen molar-refractivity contribution in [1.29, 1.82) is 0 Å². The van der Waals surface area contributed by atoms with E-state index in [2.05, 4.69) is 10.6 Å². The van der Waals surface area contributed by atoms with E-state index < -0.39 is 23.8 Å². The third-order valence-electron chi connectivity index (χ3n) is 5.90. The summed E-state index contributed by atoms with van der Waals surface area (Å²) in [6.07, 6.45) is 1.32. The van der Waals surface area contributed by atoms with Crippen molar-refractivity contribution in [3.8, 4) is 11.5 Å². The molecule has 1 fully saturated rings. The van der Waals surface area contributed by atoms with Crippen molar-refractivity contribution in [2.45, 2.75) is 20.8 Å². The summed E-state index contributed by atoms with van der Waals surface area (Å²) in [5.41, 5.74) is 2.93. The van der Waals surface area contributed by atoms with E-state index in [-0.39, 0.29) is 35.3 Å². The predicted octanol–water partition coefficient (Wildman–Crippen LogP) is 5.04. The molecule has 1 aliphatic rings. The highest BCUT2D eigenvalue weighted by Crippen LogP contribution is 2.37. The van der Waals surface area contributed by atoms with Crippen LogP contribution in [-0.2, 0) is 14.4 Å². The van der Waals surface area contributed by atoms with Crippen molar-refractivity contribution in [2.75, 3.05) is 23.4 Å². The van der Waals surface area contributed by atoms with E-state index in [9.17, 15) is 19.2 Å². The number of carbonyl (C=O) groups is 4. The Bertz CT molecular complexity index is 1490. The quantitative estimate of drug-likeness (QED) is 0.302. The molecule has 1 saturated heterocycles. The summed E-state index contributed by atoms with van der Waals surface area (Å²) >= 11 is 6.47. The molecule has 0 radical (unpaired) electrons. The maximum atomic E-state index is 13.3. The van der Waals surface area contributed by atoms with Gasteiger partial charge in [-0.15, -0.1) is 0 Å². The van der Waals surface area contributed by atoms with E-state index in [1.54, 1.807) is 49.4 Å². The molecule has 0 aliphatic carbocycles. The number of carbonyl (C=O) groups excluding carboxylic acids is 4. The number of ether oxygens (including phenoxy) is 2. The second kappa shape index (κ2) is 11.8. The Kier molecular flexibility index (Phi) is 8.31. The number of anilines is 2. The smallest absolute Gasteiger partial charge is 0.335 e. The summed E-state index contributed by atoms with van der Waals surface area (Å²) in [7, 11) is 0. The van der Waals surface area contributed by atoms with Crippen molar-refractivity contribution < 1.29 is 28.7 Å². The number of halogens is 1. The van der Waals surface area contributed by atoms with Crippen molar-refractivity contribution >= 4 is 52.8 Å². The summed E-state index contributed by atoms with van der Waals surface area (Å²) in [6.45, 7) is 5.46. The molecule has 0 aromatic heterocycles. The van der Waals surface area contributed by atoms with Crippen molar-refractivity contribution in [3.05, 3.63) is 87.9 Å². The van der Waals surface area contributed by atoms with Crippen LogP contribution in [0.15, 0.2) is 66.2 Å². The van der Waals surface area contributed by atoms with E-state index in [0.29, 0.717) is 16.9 Å². The first-order valence-electron chi connectivity index (χ1n) is 12.1. The van der Waals surface area contributed by atoms with Crippen LogP contribution in [0.25, 0.3) is 6.08 Å². The zero-order chi connectivity index (χ0) is 28.1. The number of rotatable bonds is 8. The molecule has 1 heterocycles. The van der Waals surface area contributed by atoms with Crippen molar-refractivity contribution in [3.63, 3.8) is 0 Å². The van der Waals surface area contributed by atoms with Gasteiger partial charge in [0.25, 0.3) is 17.7 Å². The number of hydrogen-bond donors (Lipinski definition) is 2. The number of para-hydroxylation sites is 1. The lowest BCUT2D eigenvalue weighted by Gasteiger charge is -2.27. The van der Waals surface area contributed by atoms with Gasteiger partial charge in [0, 0.05) is 5.69 Å². The summed E-state index contributed by atoms with van der Waals surface area (Å²) < 4.78 is 11.3. The summed E-state index contributed by atoms with van der Waals surface area (Å²) in [4.78, 5) is 51.7. The van der Waals surface area contributed by atoms with Crippen LogP contribution in [0.3, 0.4) is 0 Å².